The molecule has 0 atom stereocenters. The van der Waals surface area contributed by atoms with Crippen molar-refractivity contribution in [2.45, 2.75) is 6.92 Å². The van der Waals surface area contributed by atoms with Gasteiger partial charge in [-0.05, 0) is 25.1 Å². The predicted octanol–water partition coefficient (Wildman–Crippen LogP) is 1.23. The fourth-order valence-corrected chi connectivity index (χ4v) is 1.14. The lowest BCUT2D eigenvalue weighted by atomic mass is 10.3. The number of rotatable bonds is 0. The van der Waals surface area contributed by atoms with E-state index in [0.29, 0.717) is 0 Å². The van der Waals surface area contributed by atoms with Crippen molar-refractivity contribution in [2.75, 3.05) is 0 Å². The van der Waals surface area contributed by atoms with Crippen molar-refractivity contribution >= 4 is 11.0 Å². The van der Waals surface area contributed by atoms with Crippen molar-refractivity contribution in [1.82, 2.24) is 9.97 Å². The van der Waals surface area contributed by atoms with Gasteiger partial charge in [0.05, 0.1) is 11.0 Å². The summed E-state index contributed by atoms with van der Waals surface area (Å²) >= 11 is 0. The summed E-state index contributed by atoms with van der Waals surface area (Å²) in [5.74, 6) is 0. The first kappa shape index (κ1) is 7.03. The Morgan fingerprint density at radius 1 is 1.25 bits per heavy atom. The van der Waals surface area contributed by atoms with Crippen molar-refractivity contribution in [3.63, 3.8) is 0 Å². The molecule has 0 bridgehead atoms. The van der Waals surface area contributed by atoms with Gasteiger partial charge in [-0.3, -0.25) is 9.78 Å². The molecule has 2 rings (SSSR count). The normalized spacial score (nSPS) is 10.4. The van der Waals surface area contributed by atoms with Gasteiger partial charge in [-0.25, -0.2) is 0 Å². The highest BCUT2D eigenvalue weighted by Gasteiger charge is 1.94. The molecule has 0 aliphatic carbocycles. The third-order valence-electron chi connectivity index (χ3n) is 1.71. The van der Waals surface area contributed by atoms with E-state index in [4.69, 9.17) is 0 Å². The quantitative estimate of drug-likeness (QED) is 0.630. The number of aromatic nitrogens is 2. The average molecular weight is 160 g/mol. The van der Waals surface area contributed by atoms with Crippen LogP contribution < -0.4 is 5.56 Å². The van der Waals surface area contributed by atoms with Crippen LogP contribution in [0.3, 0.4) is 0 Å². The predicted molar refractivity (Wildman–Crippen MR) is 47.1 cm³/mol. The molecular weight excluding hydrogens is 152 g/mol. The first-order valence-corrected chi connectivity index (χ1v) is 3.72. The third kappa shape index (κ3) is 1.09. The van der Waals surface area contributed by atoms with Crippen LogP contribution in [0.25, 0.3) is 11.0 Å². The number of H-pyrrole nitrogens is 1. The molecule has 3 heteroatoms. The van der Waals surface area contributed by atoms with E-state index in [-0.39, 0.29) is 5.56 Å². The Morgan fingerprint density at radius 3 is 2.92 bits per heavy atom. The molecule has 0 unspecified atom stereocenters. The van der Waals surface area contributed by atoms with Gasteiger partial charge in [-0.15, -0.1) is 0 Å². The number of fused-ring (bicyclic) bond motifs is 1. The van der Waals surface area contributed by atoms with Crippen LogP contribution in [0.4, 0.5) is 0 Å². The first-order chi connectivity index (χ1) is 5.75. The number of nitrogens with one attached hydrogen (secondary N) is 1. The molecule has 60 valence electrons. The molecule has 0 aliphatic rings. The van der Waals surface area contributed by atoms with Crippen LogP contribution in [0.15, 0.2) is 29.1 Å². The van der Waals surface area contributed by atoms with Crippen molar-refractivity contribution in [2.24, 2.45) is 0 Å². The minimum Gasteiger partial charge on any atom is -0.321 e. The van der Waals surface area contributed by atoms with Gasteiger partial charge in [0.1, 0.15) is 0 Å². The summed E-state index contributed by atoms with van der Waals surface area (Å²) in [5.41, 5.74) is 2.48. The van der Waals surface area contributed by atoms with Crippen molar-refractivity contribution in [3.8, 4) is 0 Å². The molecule has 0 radical (unpaired) electrons. The van der Waals surface area contributed by atoms with E-state index in [1.165, 1.54) is 6.07 Å². The highest BCUT2D eigenvalue weighted by atomic mass is 16.1. The molecule has 0 aliphatic heterocycles. The summed E-state index contributed by atoms with van der Waals surface area (Å²) in [7, 11) is 0. The summed E-state index contributed by atoms with van der Waals surface area (Å²) in [6.07, 6.45) is 0. The van der Waals surface area contributed by atoms with Crippen LogP contribution in [0.2, 0.25) is 0 Å². The molecule has 2 aromatic heterocycles. The molecular formula is C9H8N2O. The van der Waals surface area contributed by atoms with E-state index in [2.05, 4.69) is 9.97 Å². The maximum absolute atomic E-state index is 10.9. The zero-order valence-corrected chi connectivity index (χ0v) is 6.66. The second-order valence-corrected chi connectivity index (χ2v) is 2.71. The second-order valence-electron chi connectivity index (χ2n) is 2.71. The standard InChI is InChI=1S/C9H8N2O/c1-6-2-3-8-7(10-6)4-5-9(12)11-8/h2-5H,1H3,(H,11,12). The molecule has 0 saturated heterocycles. The van der Waals surface area contributed by atoms with Crippen LogP contribution in [-0.4, -0.2) is 9.97 Å². The number of hydrogen-bond donors (Lipinski definition) is 1. The zero-order valence-electron chi connectivity index (χ0n) is 6.66. The van der Waals surface area contributed by atoms with Gasteiger partial charge in [0.15, 0.2) is 0 Å². The van der Waals surface area contributed by atoms with Gasteiger partial charge in [0.2, 0.25) is 5.56 Å². The molecule has 0 amide bonds. The Morgan fingerprint density at radius 2 is 2.08 bits per heavy atom. The highest BCUT2D eigenvalue weighted by Crippen LogP contribution is 2.05. The van der Waals surface area contributed by atoms with E-state index >= 15 is 0 Å². The lowest BCUT2D eigenvalue weighted by Crippen LogP contribution is -2.02. The number of pyridine rings is 2. The van der Waals surface area contributed by atoms with Gasteiger partial charge in [-0.1, -0.05) is 0 Å². The smallest absolute Gasteiger partial charge is 0.248 e. The summed E-state index contributed by atoms with van der Waals surface area (Å²) < 4.78 is 0. The summed E-state index contributed by atoms with van der Waals surface area (Å²) in [4.78, 5) is 17.8. The van der Waals surface area contributed by atoms with Gasteiger partial charge in [0.25, 0.3) is 0 Å². The Balaban J connectivity index is 2.87. The molecule has 2 heterocycles. The molecule has 0 spiro atoms. The third-order valence-corrected chi connectivity index (χ3v) is 1.71. The van der Waals surface area contributed by atoms with Crippen LogP contribution >= 0.6 is 0 Å². The number of hydrogen-bond acceptors (Lipinski definition) is 2. The van der Waals surface area contributed by atoms with Crippen LogP contribution in [0.1, 0.15) is 5.69 Å². The maximum atomic E-state index is 10.9. The van der Waals surface area contributed by atoms with Crippen molar-refractivity contribution in [3.05, 3.63) is 40.3 Å². The van der Waals surface area contributed by atoms with Gasteiger partial charge < -0.3 is 4.98 Å². The van der Waals surface area contributed by atoms with E-state index in [1.54, 1.807) is 6.07 Å². The lowest BCUT2D eigenvalue weighted by Gasteiger charge is -1.96. The first-order valence-electron chi connectivity index (χ1n) is 3.72. The molecule has 0 aromatic carbocycles. The Labute approximate surface area is 69.1 Å². The second kappa shape index (κ2) is 2.44. The molecule has 2 aromatic rings. The van der Waals surface area contributed by atoms with Gasteiger partial charge in [-0.2, -0.15) is 0 Å². The Bertz CT molecular complexity index is 473. The maximum Gasteiger partial charge on any atom is 0.248 e. The number of aromatic amines is 1. The van der Waals surface area contributed by atoms with E-state index in [0.717, 1.165) is 16.7 Å². The van der Waals surface area contributed by atoms with Crippen LogP contribution in [0, 0.1) is 6.92 Å². The number of aryl methyl sites for hydroxylation is 1. The largest absolute Gasteiger partial charge is 0.321 e. The number of nitrogens with zero attached hydrogens (tertiary/aromatic N) is 1. The van der Waals surface area contributed by atoms with Crippen LogP contribution in [0.5, 0.6) is 0 Å². The fraction of sp³-hybridized carbons (Fsp3) is 0.111. The van der Waals surface area contributed by atoms with E-state index < -0.39 is 0 Å². The minimum absolute atomic E-state index is 0.0897. The zero-order chi connectivity index (χ0) is 8.55. The lowest BCUT2D eigenvalue weighted by molar-refractivity contribution is 1.22. The van der Waals surface area contributed by atoms with E-state index in [9.17, 15) is 4.79 Å². The Hall–Kier alpha value is -1.64. The molecule has 3 nitrogen and oxygen atoms in total. The van der Waals surface area contributed by atoms with Crippen LogP contribution in [-0.2, 0) is 0 Å². The molecule has 1 N–H and O–H groups in total. The highest BCUT2D eigenvalue weighted by molar-refractivity contribution is 5.73. The Kier molecular flexibility index (Phi) is 1.43. The fourth-order valence-electron chi connectivity index (χ4n) is 1.14. The van der Waals surface area contributed by atoms with Crippen molar-refractivity contribution < 1.29 is 0 Å². The van der Waals surface area contributed by atoms with E-state index in [1.807, 2.05) is 19.1 Å². The van der Waals surface area contributed by atoms with Crippen molar-refractivity contribution in [1.29, 1.82) is 0 Å². The molecule has 0 fully saturated rings. The summed E-state index contributed by atoms with van der Waals surface area (Å²) in [5, 5.41) is 0. The minimum atomic E-state index is -0.0897. The topological polar surface area (TPSA) is 45.8 Å². The SMILES string of the molecule is Cc1ccc2[nH]c(=O)ccc2n1. The summed E-state index contributed by atoms with van der Waals surface area (Å²) in [6, 6.07) is 6.94. The van der Waals surface area contributed by atoms with Gasteiger partial charge >= 0.3 is 0 Å². The van der Waals surface area contributed by atoms with Gasteiger partial charge in [0, 0.05) is 11.8 Å². The average Bonchev–Trinajstić information content (AvgIpc) is 2.05. The summed E-state index contributed by atoms with van der Waals surface area (Å²) in [6.45, 7) is 1.92. The monoisotopic (exact) mass is 160 g/mol. The molecule has 0 saturated carbocycles. The molecule has 12 heavy (non-hydrogen) atoms.